The summed E-state index contributed by atoms with van der Waals surface area (Å²) in [5.74, 6) is 0. The number of fused-ring (bicyclic) bond motifs is 7. The Bertz CT molecular complexity index is 4070. The Morgan fingerprint density at radius 1 is 0.286 bits per heavy atom. The van der Waals surface area contributed by atoms with Gasteiger partial charge in [0.2, 0.25) is 0 Å². The van der Waals surface area contributed by atoms with E-state index in [-0.39, 0.29) is 0 Å². The Balaban J connectivity index is 0.923. The molecular weight excluding hydrogens is 931 g/mol. The minimum Gasteiger partial charge on any atom is -0.310 e. The van der Waals surface area contributed by atoms with E-state index in [2.05, 4.69) is 315 Å². The summed E-state index contributed by atoms with van der Waals surface area (Å²) in [5, 5.41) is 3.54. The molecule has 0 aliphatic heterocycles. The maximum atomic E-state index is 2.43. The van der Waals surface area contributed by atoms with Crippen LogP contribution in [0.3, 0.4) is 0 Å². The molecule has 0 saturated carbocycles. The van der Waals surface area contributed by atoms with Crippen molar-refractivity contribution < 1.29 is 0 Å². The van der Waals surface area contributed by atoms with E-state index in [1.165, 1.54) is 89.0 Å². The van der Waals surface area contributed by atoms with Crippen LogP contribution in [0.1, 0.15) is 66.8 Å². The van der Waals surface area contributed by atoms with Crippen LogP contribution in [0.2, 0.25) is 0 Å². The summed E-state index contributed by atoms with van der Waals surface area (Å²) in [7, 11) is 0. The second kappa shape index (κ2) is 18.1. The number of hydrogen-bond acceptors (Lipinski definition) is 2. The predicted molar refractivity (Wildman–Crippen MR) is 321 cm³/mol. The first-order chi connectivity index (χ1) is 37.8. The number of aryl methyl sites for hydroxylation is 4. The van der Waals surface area contributed by atoms with Crippen LogP contribution < -0.4 is 9.91 Å². The third kappa shape index (κ3) is 7.18. The van der Waals surface area contributed by atoms with Crippen LogP contribution in [0.5, 0.6) is 0 Å². The summed E-state index contributed by atoms with van der Waals surface area (Å²) < 4.78 is 2.34. The van der Waals surface area contributed by atoms with E-state index < -0.39 is 10.8 Å². The van der Waals surface area contributed by atoms with E-state index in [0.717, 1.165) is 39.3 Å². The monoisotopic (exact) mass is 987 g/mol. The largest absolute Gasteiger partial charge is 0.310 e. The molecule has 368 valence electrons. The molecule has 12 aromatic rings. The summed E-state index contributed by atoms with van der Waals surface area (Å²) >= 11 is 0. The molecule has 0 atom stereocenters. The van der Waals surface area contributed by atoms with Crippen LogP contribution in [0.25, 0.3) is 33.2 Å². The van der Waals surface area contributed by atoms with Gasteiger partial charge in [0.05, 0.1) is 27.7 Å². The molecule has 0 spiro atoms. The molecule has 0 bridgehead atoms. The van der Waals surface area contributed by atoms with E-state index in [0.29, 0.717) is 0 Å². The highest BCUT2D eigenvalue weighted by Crippen LogP contribution is 2.58. The zero-order chi connectivity index (χ0) is 51.8. The molecule has 0 saturated heterocycles. The molecule has 3 heteroatoms. The molecule has 0 fully saturated rings. The molecule has 0 amide bonds. The van der Waals surface area contributed by atoms with Crippen molar-refractivity contribution in [3.63, 3.8) is 0 Å². The fraction of sp³-hybridized carbons (Fsp3) is 0.0811. The highest BCUT2D eigenvalue weighted by molar-refractivity contribution is 5.91. The van der Waals surface area contributed by atoms with Gasteiger partial charge >= 0.3 is 0 Å². The van der Waals surface area contributed by atoms with Gasteiger partial charge in [-0.05, 0) is 183 Å². The fourth-order valence-corrected chi connectivity index (χ4v) is 13.6. The molecular formula is C74H57N3. The molecule has 0 N–H and O–H groups in total. The number of benzene rings is 11. The molecule has 1 aromatic heterocycles. The van der Waals surface area contributed by atoms with Gasteiger partial charge in [0, 0.05) is 28.6 Å². The Labute approximate surface area is 452 Å². The van der Waals surface area contributed by atoms with E-state index >= 15 is 0 Å². The lowest BCUT2D eigenvalue weighted by Crippen LogP contribution is -2.29. The summed E-state index contributed by atoms with van der Waals surface area (Å²) in [6, 6.07) is 99.7. The third-order valence-electron chi connectivity index (χ3n) is 16.5. The van der Waals surface area contributed by atoms with Crippen LogP contribution >= 0.6 is 0 Å². The molecule has 77 heavy (non-hydrogen) atoms. The predicted octanol–water partition coefficient (Wildman–Crippen LogP) is 18.7. The first-order valence-electron chi connectivity index (χ1n) is 26.9. The summed E-state index contributed by atoms with van der Waals surface area (Å²) in [4.78, 5) is 2.43. The van der Waals surface area contributed by atoms with Gasteiger partial charge in [-0.3, -0.25) is 4.68 Å². The quantitative estimate of drug-likeness (QED) is 0.135. The van der Waals surface area contributed by atoms with Crippen molar-refractivity contribution in [1.29, 1.82) is 0 Å². The second-order valence-electron chi connectivity index (χ2n) is 21.3. The standard InChI is InChI=1S/C74H57N3/c1-50-43-51(2)46-62(45-50)76(59-37-32-57(33-38-59)73(55-19-7-5-8-20-55)68-27-15-11-23-64(68)65-24-12-16-28-69(65)73)61-36-31-54-41-42-75(72(54)49-61)77(63-47-52(3)44-53(4)48-63)60-39-34-58(35-40-60)74(56-21-9-6-10-22-56)70-29-17-13-25-66(70)67-26-14-18-30-71(67)74/h5-49H,1-4H3. The Kier molecular flexibility index (Phi) is 10.9. The average molecular weight is 988 g/mol. The summed E-state index contributed by atoms with van der Waals surface area (Å²) in [6.45, 7) is 8.79. The highest BCUT2D eigenvalue weighted by atomic mass is 15.5. The van der Waals surface area contributed by atoms with Crippen LogP contribution in [-0.2, 0) is 10.8 Å². The maximum Gasteiger partial charge on any atom is 0.0723 e. The number of hydrogen-bond donors (Lipinski definition) is 0. The topological polar surface area (TPSA) is 11.4 Å². The van der Waals surface area contributed by atoms with Gasteiger partial charge in [0.1, 0.15) is 0 Å². The first-order valence-corrected chi connectivity index (χ1v) is 26.9. The van der Waals surface area contributed by atoms with Crippen LogP contribution in [-0.4, -0.2) is 4.68 Å². The molecule has 0 unspecified atom stereocenters. The first kappa shape index (κ1) is 46.1. The second-order valence-corrected chi connectivity index (χ2v) is 21.3. The van der Waals surface area contributed by atoms with Crippen LogP contribution in [0.15, 0.2) is 273 Å². The average Bonchev–Trinajstić information content (AvgIpc) is 4.34. The van der Waals surface area contributed by atoms with Crippen molar-refractivity contribution in [3.8, 4) is 22.3 Å². The zero-order valence-electron chi connectivity index (χ0n) is 43.8. The molecule has 14 rings (SSSR count). The van der Waals surface area contributed by atoms with E-state index in [9.17, 15) is 0 Å². The lowest BCUT2D eigenvalue weighted by molar-refractivity contribution is 0.767. The van der Waals surface area contributed by atoms with Gasteiger partial charge in [-0.15, -0.1) is 0 Å². The summed E-state index contributed by atoms with van der Waals surface area (Å²) in [6.07, 6.45) is 2.23. The van der Waals surface area contributed by atoms with Gasteiger partial charge in [-0.2, -0.15) is 0 Å². The smallest absolute Gasteiger partial charge is 0.0723 e. The zero-order valence-corrected chi connectivity index (χ0v) is 43.8. The van der Waals surface area contributed by atoms with Gasteiger partial charge in [0.25, 0.3) is 0 Å². The van der Waals surface area contributed by atoms with Crippen molar-refractivity contribution in [2.75, 3.05) is 9.91 Å². The number of rotatable bonds is 10. The Hall–Kier alpha value is -9.44. The fourth-order valence-electron chi connectivity index (χ4n) is 13.6. The van der Waals surface area contributed by atoms with Crippen molar-refractivity contribution in [2.24, 2.45) is 0 Å². The van der Waals surface area contributed by atoms with Gasteiger partial charge in [-0.25, -0.2) is 5.01 Å². The SMILES string of the molecule is Cc1cc(C)cc(N(c2ccc(C3(c4ccccc4)c4ccccc4-c4ccccc43)cc2)c2ccc3ccn(N(c4ccc(C5(c6ccccc6)c6ccccc6-c6ccccc65)cc4)c4cc(C)cc(C)c4)c3c2)c1. The maximum absolute atomic E-state index is 2.43. The molecule has 3 nitrogen and oxygen atoms in total. The summed E-state index contributed by atoms with van der Waals surface area (Å²) in [5.41, 5.74) is 25.8. The van der Waals surface area contributed by atoms with E-state index in [1.54, 1.807) is 0 Å². The third-order valence-corrected chi connectivity index (χ3v) is 16.5. The highest BCUT2D eigenvalue weighted by Gasteiger charge is 2.47. The normalized spacial score (nSPS) is 13.4. The van der Waals surface area contributed by atoms with Crippen LogP contribution in [0.4, 0.5) is 28.4 Å². The molecule has 1 heterocycles. The molecule has 2 aliphatic rings. The van der Waals surface area contributed by atoms with Crippen molar-refractivity contribution in [3.05, 3.63) is 340 Å². The minimum atomic E-state index is -0.489. The Morgan fingerprint density at radius 2 is 0.649 bits per heavy atom. The lowest BCUT2D eigenvalue weighted by atomic mass is 9.68. The number of anilines is 5. The lowest BCUT2D eigenvalue weighted by Gasteiger charge is -2.35. The van der Waals surface area contributed by atoms with Crippen molar-refractivity contribution >= 4 is 39.3 Å². The van der Waals surface area contributed by atoms with Crippen LogP contribution in [0, 0.1) is 27.7 Å². The molecule has 11 aromatic carbocycles. The van der Waals surface area contributed by atoms with Gasteiger partial charge in [0.15, 0.2) is 0 Å². The van der Waals surface area contributed by atoms with Gasteiger partial charge < -0.3 is 4.90 Å². The molecule has 0 radical (unpaired) electrons. The van der Waals surface area contributed by atoms with E-state index in [4.69, 9.17) is 0 Å². The minimum absolute atomic E-state index is 0.485. The number of aromatic nitrogens is 1. The van der Waals surface area contributed by atoms with Crippen molar-refractivity contribution in [2.45, 2.75) is 38.5 Å². The van der Waals surface area contributed by atoms with Gasteiger partial charge in [-0.1, -0.05) is 200 Å². The van der Waals surface area contributed by atoms with Crippen molar-refractivity contribution in [1.82, 2.24) is 4.68 Å². The Morgan fingerprint density at radius 3 is 1.09 bits per heavy atom. The van der Waals surface area contributed by atoms with E-state index in [1.807, 2.05) is 0 Å². The molecule has 2 aliphatic carbocycles. The number of nitrogens with zero attached hydrogens (tertiary/aromatic N) is 3.